The number of aromatic amines is 1. The van der Waals surface area contributed by atoms with E-state index in [2.05, 4.69) is 19.9 Å². The van der Waals surface area contributed by atoms with Crippen LogP contribution < -0.4 is 4.72 Å². The number of aromatic nitrogens is 3. The molecule has 0 aliphatic carbocycles. The Morgan fingerprint density at radius 1 is 1.32 bits per heavy atom. The number of sulfonamides is 1. The maximum Gasteiger partial charge on any atom is 0.244 e. The van der Waals surface area contributed by atoms with Crippen LogP contribution in [0.2, 0.25) is 10.0 Å². The minimum atomic E-state index is -3.85. The Kier molecular flexibility index (Phi) is 4.10. The van der Waals surface area contributed by atoms with Crippen molar-refractivity contribution in [2.24, 2.45) is 0 Å². The molecule has 0 radical (unpaired) electrons. The van der Waals surface area contributed by atoms with Crippen LogP contribution in [0, 0.1) is 0 Å². The largest absolute Gasteiger partial charge is 0.262 e. The highest BCUT2D eigenvalue weighted by molar-refractivity contribution is 7.89. The SMILES string of the molecule is CC(NS(=O)(=O)c1c(Cl)cccc1Cl)c1ncn[nH]1. The zero-order chi connectivity index (χ0) is 14.0. The van der Waals surface area contributed by atoms with E-state index in [1.165, 1.54) is 18.5 Å². The van der Waals surface area contributed by atoms with Crippen LogP contribution in [0.5, 0.6) is 0 Å². The van der Waals surface area contributed by atoms with Crippen molar-refractivity contribution < 1.29 is 8.42 Å². The van der Waals surface area contributed by atoms with Crippen molar-refractivity contribution in [3.8, 4) is 0 Å². The molecule has 102 valence electrons. The third-order valence-corrected chi connectivity index (χ3v) is 4.86. The van der Waals surface area contributed by atoms with Gasteiger partial charge < -0.3 is 0 Å². The van der Waals surface area contributed by atoms with E-state index in [0.717, 1.165) is 0 Å². The number of rotatable bonds is 4. The number of nitrogens with one attached hydrogen (secondary N) is 2. The maximum atomic E-state index is 12.2. The number of hydrogen-bond donors (Lipinski definition) is 2. The van der Waals surface area contributed by atoms with E-state index in [1.807, 2.05) is 0 Å². The number of H-pyrrole nitrogens is 1. The molecule has 0 aliphatic rings. The minimum absolute atomic E-state index is 0.0600. The molecule has 9 heteroatoms. The molecule has 1 aromatic carbocycles. The van der Waals surface area contributed by atoms with Gasteiger partial charge in [0.25, 0.3) is 0 Å². The molecule has 2 aromatic rings. The lowest BCUT2D eigenvalue weighted by Crippen LogP contribution is -2.28. The van der Waals surface area contributed by atoms with Crippen molar-refractivity contribution in [2.75, 3.05) is 0 Å². The molecule has 6 nitrogen and oxygen atoms in total. The lowest BCUT2D eigenvalue weighted by Gasteiger charge is -2.13. The van der Waals surface area contributed by atoms with Crippen LogP contribution in [0.3, 0.4) is 0 Å². The van der Waals surface area contributed by atoms with Gasteiger partial charge >= 0.3 is 0 Å². The molecule has 1 heterocycles. The maximum absolute atomic E-state index is 12.2. The predicted molar refractivity (Wildman–Crippen MR) is 71.6 cm³/mol. The molecular formula is C10H10Cl2N4O2S. The second-order valence-corrected chi connectivity index (χ2v) is 6.23. The van der Waals surface area contributed by atoms with Crippen LogP contribution >= 0.6 is 23.2 Å². The Bertz CT molecular complexity index is 653. The van der Waals surface area contributed by atoms with E-state index in [-0.39, 0.29) is 14.9 Å². The Labute approximate surface area is 120 Å². The highest BCUT2D eigenvalue weighted by Crippen LogP contribution is 2.29. The lowest BCUT2D eigenvalue weighted by atomic mass is 10.3. The number of hydrogen-bond acceptors (Lipinski definition) is 4. The molecule has 0 saturated carbocycles. The molecule has 0 aliphatic heterocycles. The van der Waals surface area contributed by atoms with Crippen molar-refractivity contribution >= 4 is 33.2 Å². The molecule has 1 unspecified atom stereocenters. The number of halogens is 2. The third kappa shape index (κ3) is 3.06. The predicted octanol–water partition coefficient (Wildman–Crippen LogP) is 2.15. The molecule has 1 atom stereocenters. The standard InChI is InChI=1S/C10H10Cl2N4O2S/c1-6(10-13-5-14-15-10)16-19(17,18)9-7(11)3-2-4-8(9)12/h2-6,16H,1H3,(H,13,14,15). The Hall–Kier alpha value is -1.15. The van der Waals surface area contributed by atoms with Gasteiger partial charge in [0.1, 0.15) is 17.0 Å². The molecule has 19 heavy (non-hydrogen) atoms. The highest BCUT2D eigenvalue weighted by Gasteiger charge is 2.24. The fourth-order valence-corrected chi connectivity index (χ4v) is 3.86. The minimum Gasteiger partial charge on any atom is -0.262 e. The van der Waals surface area contributed by atoms with Crippen LogP contribution in [-0.4, -0.2) is 23.6 Å². The van der Waals surface area contributed by atoms with Crippen LogP contribution in [0.25, 0.3) is 0 Å². The second kappa shape index (κ2) is 5.46. The summed E-state index contributed by atoms with van der Waals surface area (Å²) in [4.78, 5) is 3.73. The summed E-state index contributed by atoms with van der Waals surface area (Å²) in [6.45, 7) is 1.63. The van der Waals surface area contributed by atoms with Gasteiger partial charge in [0, 0.05) is 0 Å². The first-order chi connectivity index (χ1) is 8.92. The fourth-order valence-electron chi connectivity index (χ4n) is 1.51. The van der Waals surface area contributed by atoms with E-state index in [9.17, 15) is 8.42 Å². The summed E-state index contributed by atoms with van der Waals surface area (Å²) in [7, 11) is -3.85. The molecule has 0 bridgehead atoms. The van der Waals surface area contributed by atoms with Crippen LogP contribution in [0.15, 0.2) is 29.4 Å². The average molecular weight is 321 g/mol. The van der Waals surface area contributed by atoms with Crippen molar-refractivity contribution in [3.63, 3.8) is 0 Å². The molecule has 2 N–H and O–H groups in total. The summed E-state index contributed by atoms with van der Waals surface area (Å²) in [6, 6.07) is 3.91. The average Bonchev–Trinajstić information content (AvgIpc) is 2.80. The third-order valence-electron chi connectivity index (χ3n) is 2.36. The van der Waals surface area contributed by atoms with E-state index in [0.29, 0.717) is 5.82 Å². The van der Waals surface area contributed by atoms with Gasteiger partial charge in [-0.25, -0.2) is 18.1 Å². The molecule has 0 amide bonds. The van der Waals surface area contributed by atoms with Crippen molar-refractivity contribution in [3.05, 3.63) is 40.4 Å². The van der Waals surface area contributed by atoms with Crippen LogP contribution in [0.4, 0.5) is 0 Å². The zero-order valence-corrected chi connectivity index (χ0v) is 12.1. The van der Waals surface area contributed by atoms with E-state index >= 15 is 0 Å². The van der Waals surface area contributed by atoms with Gasteiger partial charge in [-0.05, 0) is 19.1 Å². The molecule has 0 fully saturated rings. The van der Waals surface area contributed by atoms with Gasteiger partial charge in [-0.2, -0.15) is 5.10 Å². The summed E-state index contributed by atoms with van der Waals surface area (Å²) in [5.41, 5.74) is 0. The van der Waals surface area contributed by atoms with E-state index < -0.39 is 16.1 Å². The van der Waals surface area contributed by atoms with Gasteiger partial charge in [-0.1, -0.05) is 29.3 Å². The fraction of sp³-hybridized carbons (Fsp3) is 0.200. The summed E-state index contributed by atoms with van der Waals surface area (Å²) in [5, 5.41) is 6.36. The van der Waals surface area contributed by atoms with E-state index in [4.69, 9.17) is 23.2 Å². The zero-order valence-electron chi connectivity index (χ0n) is 9.76. The highest BCUT2D eigenvalue weighted by atomic mass is 35.5. The summed E-state index contributed by atoms with van der Waals surface area (Å²) in [6.07, 6.45) is 1.29. The molecule has 0 saturated heterocycles. The monoisotopic (exact) mass is 320 g/mol. The van der Waals surface area contributed by atoms with Gasteiger partial charge in [-0.15, -0.1) is 0 Å². The first-order valence-electron chi connectivity index (χ1n) is 5.23. The van der Waals surface area contributed by atoms with Gasteiger partial charge in [-0.3, -0.25) is 5.10 Å². The lowest BCUT2D eigenvalue weighted by molar-refractivity contribution is 0.560. The van der Waals surface area contributed by atoms with E-state index in [1.54, 1.807) is 13.0 Å². The van der Waals surface area contributed by atoms with Crippen molar-refractivity contribution in [2.45, 2.75) is 17.9 Å². The second-order valence-electron chi connectivity index (χ2n) is 3.76. The Morgan fingerprint density at radius 3 is 2.47 bits per heavy atom. The Morgan fingerprint density at radius 2 is 1.95 bits per heavy atom. The first kappa shape index (κ1) is 14.3. The van der Waals surface area contributed by atoms with Crippen LogP contribution in [-0.2, 0) is 10.0 Å². The summed E-state index contributed by atoms with van der Waals surface area (Å²) < 4.78 is 26.9. The first-order valence-corrected chi connectivity index (χ1v) is 7.47. The Balaban J connectivity index is 2.33. The molecular weight excluding hydrogens is 311 g/mol. The summed E-state index contributed by atoms with van der Waals surface area (Å²) >= 11 is 11.8. The molecule has 2 rings (SSSR count). The normalized spacial score (nSPS) is 13.4. The number of nitrogens with zero attached hydrogens (tertiary/aromatic N) is 2. The van der Waals surface area contributed by atoms with Gasteiger partial charge in [0.2, 0.25) is 10.0 Å². The van der Waals surface area contributed by atoms with Crippen molar-refractivity contribution in [1.29, 1.82) is 0 Å². The van der Waals surface area contributed by atoms with Gasteiger partial charge in [0.05, 0.1) is 16.1 Å². The quantitative estimate of drug-likeness (QED) is 0.903. The topological polar surface area (TPSA) is 87.7 Å². The van der Waals surface area contributed by atoms with Gasteiger partial charge in [0.15, 0.2) is 0 Å². The van der Waals surface area contributed by atoms with Crippen molar-refractivity contribution in [1.82, 2.24) is 19.9 Å². The van der Waals surface area contributed by atoms with Crippen LogP contribution in [0.1, 0.15) is 18.8 Å². The molecule has 0 spiro atoms. The number of benzene rings is 1. The smallest absolute Gasteiger partial charge is 0.244 e. The molecule has 1 aromatic heterocycles. The summed E-state index contributed by atoms with van der Waals surface area (Å²) in [5.74, 6) is 0.395.